The molecule has 19 heavy (non-hydrogen) atoms. The number of hydrogen-bond donors (Lipinski definition) is 2. The van der Waals surface area contributed by atoms with Crippen LogP contribution < -0.4 is 4.74 Å². The molecule has 1 saturated carbocycles. The summed E-state index contributed by atoms with van der Waals surface area (Å²) >= 11 is 0. The summed E-state index contributed by atoms with van der Waals surface area (Å²) in [6, 6.07) is 7.17. The summed E-state index contributed by atoms with van der Waals surface area (Å²) in [7, 11) is 1.61. The molecular weight excluding hydrogens is 244 g/mol. The van der Waals surface area contributed by atoms with Gasteiger partial charge in [0.25, 0.3) is 0 Å². The van der Waals surface area contributed by atoms with Crippen LogP contribution in [0.25, 0.3) is 0 Å². The van der Waals surface area contributed by atoms with E-state index in [1.165, 1.54) is 0 Å². The minimum absolute atomic E-state index is 0.230. The molecule has 0 saturated heterocycles. The number of aliphatic hydroxyl groups excluding tert-OH is 2. The van der Waals surface area contributed by atoms with Crippen LogP contribution in [0.15, 0.2) is 24.3 Å². The minimum atomic E-state index is -0.921. The van der Waals surface area contributed by atoms with Crippen LogP contribution in [0.3, 0.4) is 0 Å². The van der Waals surface area contributed by atoms with Crippen LogP contribution in [-0.2, 0) is 4.74 Å². The van der Waals surface area contributed by atoms with Crippen LogP contribution in [0.4, 0.5) is 0 Å². The highest BCUT2D eigenvalue weighted by molar-refractivity contribution is 5.27. The lowest BCUT2D eigenvalue weighted by Gasteiger charge is -2.20. The zero-order valence-electron chi connectivity index (χ0n) is 11.5. The van der Waals surface area contributed by atoms with E-state index in [2.05, 4.69) is 0 Å². The summed E-state index contributed by atoms with van der Waals surface area (Å²) in [5.41, 5.74) is 0.715. The Morgan fingerprint density at radius 2 is 1.95 bits per heavy atom. The standard InChI is InChI=1S/C15H22O4/c1-10-12(5-8-14(10)16)9-19-15(17)11-3-6-13(18-2)7-4-11/h3-4,6-7,10,12,14-17H,5,8-9H2,1-2H3/t10-,12-,14-,15?/m0/s1. The molecule has 1 aliphatic carbocycles. The first kappa shape index (κ1) is 14.3. The molecule has 4 atom stereocenters. The normalized spacial score (nSPS) is 28.3. The fourth-order valence-electron chi connectivity index (χ4n) is 2.54. The number of rotatable bonds is 5. The largest absolute Gasteiger partial charge is 0.497 e. The van der Waals surface area contributed by atoms with Crippen LogP contribution >= 0.6 is 0 Å². The van der Waals surface area contributed by atoms with Crippen LogP contribution in [0, 0.1) is 11.8 Å². The monoisotopic (exact) mass is 266 g/mol. The van der Waals surface area contributed by atoms with E-state index in [9.17, 15) is 10.2 Å². The van der Waals surface area contributed by atoms with Crippen LogP contribution in [-0.4, -0.2) is 30.0 Å². The number of hydrogen-bond acceptors (Lipinski definition) is 4. The average molecular weight is 266 g/mol. The van der Waals surface area contributed by atoms with Crippen molar-refractivity contribution in [1.29, 1.82) is 0 Å². The summed E-state index contributed by atoms with van der Waals surface area (Å²) in [6.45, 7) is 2.51. The molecule has 1 unspecified atom stereocenters. The highest BCUT2D eigenvalue weighted by atomic mass is 16.6. The van der Waals surface area contributed by atoms with Crippen molar-refractivity contribution in [2.75, 3.05) is 13.7 Å². The van der Waals surface area contributed by atoms with Gasteiger partial charge in [0.1, 0.15) is 5.75 Å². The lowest BCUT2D eigenvalue weighted by atomic mass is 9.98. The molecule has 106 valence electrons. The Hall–Kier alpha value is -1.10. The van der Waals surface area contributed by atoms with Gasteiger partial charge in [-0.15, -0.1) is 0 Å². The topological polar surface area (TPSA) is 58.9 Å². The maximum Gasteiger partial charge on any atom is 0.181 e. The molecule has 0 bridgehead atoms. The average Bonchev–Trinajstić information content (AvgIpc) is 2.76. The second-order valence-electron chi connectivity index (χ2n) is 5.22. The van der Waals surface area contributed by atoms with Gasteiger partial charge in [0, 0.05) is 5.56 Å². The third-order valence-electron chi connectivity index (χ3n) is 4.05. The van der Waals surface area contributed by atoms with Crippen LogP contribution in [0.1, 0.15) is 31.6 Å². The van der Waals surface area contributed by atoms with E-state index in [0.717, 1.165) is 18.6 Å². The molecule has 0 aromatic heterocycles. The Bertz CT molecular complexity index is 390. The zero-order chi connectivity index (χ0) is 13.8. The van der Waals surface area contributed by atoms with Crippen molar-refractivity contribution in [3.8, 4) is 5.75 Å². The van der Waals surface area contributed by atoms with E-state index in [4.69, 9.17) is 9.47 Å². The van der Waals surface area contributed by atoms with E-state index in [1.807, 2.05) is 6.92 Å². The van der Waals surface area contributed by atoms with Gasteiger partial charge in [-0.05, 0) is 36.8 Å². The van der Waals surface area contributed by atoms with Gasteiger partial charge in [-0.3, -0.25) is 0 Å². The molecule has 4 heteroatoms. The van der Waals surface area contributed by atoms with Gasteiger partial charge in [-0.25, -0.2) is 0 Å². The van der Waals surface area contributed by atoms with E-state index in [-0.39, 0.29) is 12.0 Å². The van der Waals surface area contributed by atoms with Gasteiger partial charge in [0.15, 0.2) is 6.29 Å². The summed E-state index contributed by atoms with van der Waals surface area (Å²) in [5.74, 6) is 1.31. The van der Waals surface area contributed by atoms with Gasteiger partial charge in [0.05, 0.1) is 19.8 Å². The minimum Gasteiger partial charge on any atom is -0.497 e. The first-order chi connectivity index (χ1) is 9.11. The number of aliphatic hydroxyl groups is 2. The Kier molecular flexibility index (Phi) is 4.80. The Labute approximate surface area is 114 Å². The summed E-state index contributed by atoms with van der Waals surface area (Å²) in [6.07, 6.45) is 0.633. The molecule has 4 nitrogen and oxygen atoms in total. The third-order valence-corrected chi connectivity index (χ3v) is 4.05. The molecule has 1 aliphatic rings. The van der Waals surface area contributed by atoms with Crippen molar-refractivity contribution in [3.63, 3.8) is 0 Å². The van der Waals surface area contributed by atoms with Crippen molar-refractivity contribution < 1.29 is 19.7 Å². The maximum atomic E-state index is 9.97. The second kappa shape index (κ2) is 6.37. The van der Waals surface area contributed by atoms with Crippen molar-refractivity contribution in [2.24, 2.45) is 11.8 Å². The van der Waals surface area contributed by atoms with Gasteiger partial charge in [0.2, 0.25) is 0 Å². The van der Waals surface area contributed by atoms with E-state index >= 15 is 0 Å². The molecule has 1 fully saturated rings. The van der Waals surface area contributed by atoms with Gasteiger partial charge in [-0.1, -0.05) is 19.1 Å². The first-order valence-electron chi connectivity index (χ1n) is 6.73. The number of ether oxygens (including phenoxy) is 2. The van der Waals surface area contributed by atoms with Gasteiger partial charge >= 0.3 is 0 Å². The Morgan fingerprint density at radius 1 is 1.26 bits per heavy atom. The highest BCUT2D eigenvalue weighted by Gasteiger charge is 2.31. The molecule has 0 heterocycles. The van der Waals surface area contributed by atoms with Crippen molar-refractivity contribution >= 4 is 0 Å². The predicted octanol–water partition coefficient (Wildman–Crippen LogP) is 2.11. The second-order valence-corrected chi connectivity index (χ2v) is 5.22. The first-order valence-corrected chi connectivity index (χ1v) is 6.73. The number of methoxy groups -OCH3 is 1. The molecular formula is C15H22O4. The van der Waals surface area contributed by atoms with E-state index in [1.54, 1.807) is 31.4 Å². The molecule has 2 N–H and O–H groups in total. The van der Waals surface area contributed by atoms with E-state index < -0.39 is 6.29 Å². The summed E-state index contributed by atoms with van der Waals surface area (Å²) < 4.78 is 10.6. The molecule has 0 aliphatic heterocycles. The molecule has 1 aromatic rings. The Balaban J connectivity index is 1.85. The van der Waals surface area contributed by atoms with Crippen molar-refractivity contribution in [2.45, 2.75) is 32.2 Å². The van der Waals surface area contributed by atoms with E-state index in [0.29, 0.717) is 18.1 Å². The molecule has 0 spiro atoms. The Morgan fingerprint density at radius 3 is 2.47 bits per heavy atom. The van der Waals surface area contributed by atoms with Crippen molar-refractivity contribution in [1.82, 2.24) is 0 Å². The SMILES string of the molecule is COc1ccc(C(O)OC[C@@H]2CC[C@H](O)[C@H]2C)cc1. The lowest BCUT2D eigenvalue weighted by Crippen LogP contribution is -2.20. The predicted molar refractivity (Wildman–Crippen MR) is 71.8 cm³/mol. The maximum absolute atomic E-state index is 9.97. The van der Waals surface area contributed by atoms with Crippen LogP contribution in [0.2, 0.25) is 0 Å². The smallest absolute Gasteiger partial charge is 0.181 e. The molecule has 2 rings (SSSR count). The lowest BCUT2D eigenvalue weighted by molar-refractivity contribution is -0.117. The molecule has 1 aromatic carbocycles. The van der Waals surface area contributed by atoms with Gasteiger partial charge < -0.3 is 19.7 Å². The van der Waals surface area contributed by atoms with Crippen LogP contribution in [0.5, 0.6) is 5.75 Å². The molecule has 0 radical (unpaired) electrons. The zero-order valence-corrected chi connectivity index (χ0v) is 11.5. The third kappa shape index (κ3) is 3.47. The molecule has 0 amide bonds. The number of benzene rings is 1. The summed E-state index contributed by atoms with van der Waals surface area (Å²) in [4.78, 5) is 0. The van der Waals surface area contributed by atoms with Crippen molar-refractivity contribution in [3.05, 3.63) is 29.8 Å². The summed E-state index contributed by atoms with van der Waals surface area (Å²) in [5, 5.41) is 19.6. The van der Waals surface area contributed by atoms with Gasteiger partial charge in [-0.2, -0.15) is 0 Å². The highest BCUT2D eigenvalue weighted by Crippen LogP contribution is 2.32. The fourth-order valence-corrected chi connectivity index (χ4v) is 2.54. The fraction of sp³-hybridized carbons (Fsp3) is 0.600. The quantitative estimate of drug-likeness (QED) is 0.801.